The van der Waals surface area contributed by atoms with Gasteiger partial charge >= 0.3 is 0 Å². The van der Waals surface area contributed by atoms with Gasteiger partial charge < -0.3 is 5.32 Å². The Morgan fingerprint density at radius 2 is 1.81 bits per heavy atom. The average molecular weight is 359 g/mol. The van der Waals surface area contributed by atoms with Crippen molar-refractivity contribution in [2.45, 2.75) is 59.0 Å². The summed E-state index contributed by atoms with van der Waals surface area (Å²) < 4.78 is 3.09. The normalized spacial score (nSPS) is 13.9. The second-order valence-electron chi connectivity index (χ2n) is 5.48. The molecule has 0 aliphatic heterocycles. The lowest BCUT2D eigenvalue weighted by atomic mass is 9.80. The SMILES string of the molecule is CCNC(c1c(Br)cnn1C)C(CC)(CC)N(CC)CC. The molecule has 21 heavy (non-hydrogen) atoms. The van der Waals surface area contributed by atoms with Crippen molar-refractivity contribution in [1.29, 1.82) is 0 Å². The lowest BCUT2D eigenvalue weighted by Crippen LogP contribution is -2.56. The van der Waals surface area contributed by atoms with E-state index in [1.54, 1.807) is 0 Å². The van der Waals surface area contributed by atoms with Crippen molar-refractivity contribution < 1.29 is 0 Å². The standard InChI is InChI=1S/C16H31BrN4/c1-7-16(8-2,21(10-4)11-5)15(18-9-3)14-13(17)12-19-20(14)6/h12,15,18H,7-11H2,1-6H3. The topological polar surface area (TPSA) is 33.1 Å². The molecule has 4 nitrogen and oxygen atoms in total. The molecule has 0 fully saturated rings. The summed E-state index contributed by atoms with van der Waals surface area (Å²) in [4.78, 5) is 2.60. The van der Waals surface area contributed by atoms with Crippen LogP contribution < -0.4 is 5.32 Å². The molecule has 0 aliphatic rings. The van der Waals surface area contributed by atoms with Gasteiger partial charge in [-0.05, 0) is 48.4 Å². The summed E-state index contributed by atoms with van der Waals surface area (Å²) in [6.45, 7) is 14.4. The van der Waals surface area contributed by atoms with Crippen molar-refractivity contribution in [2.75, 3.05) is 19.6 Å². The molecule has 1 rings (SSSR count). The summed E-state index contributed by atoms with van der Waals surface area (Å²) in [6, 6.07) is 0.263. The first-order valence-corrected chi connectivity index (χ1v) is 8.97. The molecule has 122 valence electrons. The fraction of sp³-hybridized carbons (Fsp3) is 0.812. The molecule has 1 N–H and O–H groups in total. The van der Waals surface area contributed by atoms with Gasteiger partial charge in [0.1, 0.15) is 0 Å². The molecule has 0 aliphatic carbocycles. The van der Waals surface area contributed by atoms with Gasteiger partial charge in [-0.3, -0.25) is 9.58 Å². The minimum atomic E-state index is 0.107. The van der Waals surface area contributed by atoms with Crippen molar-refractivity contribution in [1.82, 2.24) is 20.0 Å². The molecule has 1 aromatic rings. The van der Waals surface area contributed by atoms with E-state index in [0.717, 1.165) is 36.9 Å². The number of nitrogens with zero attached hydrogens (tertiary/aromatic N) is 3. The van der Waals surface area contributed by atoms with E-state index < -0.39 is 0 Å². The highest BCUT2D eigenvalue weighted by Crippen LogP contribution is 2.39. The molecule has 1 aromatic heterocycles. The van der Waals surface area contributed by atoms with E-state index in [9.17, 15) is 0 Å². The molecule has 5 heteroatoms. The lowest BCUT2D eigenvalue weighted by Gasteiger charge is -2.48. The highest BCUT2D eigenvalue weighted by molar-refractivity contribution is 9.10. The molecular weight excluding hydrogens is 328 g/mol. The smallest absolute Gasteiger partial charge is 0.0711 e. The maximum absolute atomic E-state index is 4.42. The van der Waals surface area contributed by atoms with E-state index in [0.29, 0.717) is 0 Å². The summed E-state index contributed by atoms with van der Waals surface area (Å²) in [6.07, 6.45) is 4.12. The highest BCUT2D eigenvalue weighted by Gasteiger charge is 2.42. The Hall–Kier alpha value is -0.390. The van der Waals surface area contributed by atoms with E-state index in [4.69, 9.17) is 0 Å². The van der Waals surface area contributed by atoms with Crippen LogP contribution in [0.15, 0.2) is 10.7 Å². The summed E-state index contributed by atoms with van der Waals surface area (Å²) in [5.74, 6) is 0. The maximum atomic E-state index is 4.42. The number of hydrogen-bond donors (Lipinski definition) is 1. The number of nitrogens with one attached hydrogen (secondary N) is 1. The van der Waals surface area contributed by atoms with E-state index in [2.05, 4.69) is 65.9 Å². The molecule has 0 saturated carbocycles. The fourth-order valence-electron chi connectivity index (χ4n) is 3.63. The van der Waals surface area contributed by atoms with Gasteiger partial charge in [0.15, 0.2) is 0 Å². The minimum Gasteiger partial charge on any atom is -0.307 e. The predicted octanol–water partition coefficient (Wildman–Crippen LogP) is 3.73. The van der Waals surface area contributed by atoms with Crippen LogP contribution in [-0.4, -0.2) is 39.9 Å². The van der Waals surface area contributed by atoms with Crippen molar-refractivity contribution in [3.8, 4) is 0 Å². The first-order chi connectivity index (χ1) is 10.0. The summed E-state index contributed by atoms with van der Waals surface area (Å²) in [7, 11) is 2.03. The van der Waals surface area contributed by atoms with E-state index in [1.807, 2.05) is 17.9 Å². The first-order valence-electron chi connectivity index (χ1n) is 8.17. The van der Waals surface area contributed by atoms with Gasteiger partial charge in [0.05, 0.1) is 22.4 Å². The number of likely N-dealkylation sites (N-methyl/N-ethyl adjacent to an activating group) is 2. The van der Waals surface area contributed by atoms with Crippen LogP contribution in [0, 0.1) is 0 Å². The molecular formula is C16H31BrN4. The largest absolute Gasteiger partial charge is 0.307 e. The Morgan fingerprint density at radius 1 is 1.24 bits per heavy atom. The Labute approximate surface area is 138 Å². The molecule has 0 spiro atoms. The van der Waals surface area contributed by atoms with Crippen LogP contribution in [0.4, 0.5) is 0 Å². The number of halogens is 1. The third-order valence-corrected chi connectivity index (χ3v) is 5.39. The number of hydrogen-bond acceptors (Lipinski definition) is 3. The second kappa shape index (κ2) is 8.30. The molecule has 1 heterocycles. The van der Waals surface area contributed by atoms with Crippen LogP contribution in [0.3, 0.4) is 0 Å². The molecule has 1 unspecified atom stereocenters. The zero-order valence-corrected chi connectivity index (χ0v) is 16.0. The van der Waals surface area contributed by atoms with E-state index in [1.165, 1.54) is 5.69 Å². The van der Waals surface area contributed by atoms with Crippen LogP contribution in [-0.2, 0) is 7.05 Å². The molecule has 0 bridgehead atoms. The number of aryl methyl sites for hydroxylation is 1. The van der Waals surface area contributed by atoms with Crippen LogP contribution in [0.5, 0.6) is 0 Å². The number of aromatic nitrogens is 2. The summed E-state index contributed by atoms with van der Waals surface area (Å²) in [5.41, 5.74) is 1.35. The van der Waals surface area contributed by atoms with Crippen LogP contribution in [0.25, 0.3) is 0 Å². The number of rotatable bonds is 9. The van der Waals surface area contributed by atoms with Gasteiger partial charge in [0.25, 0.3) is 0 Å². The fourth-order valence-corrected chi connectivity index (χ4v) is 4.21. The minimum absolute atomic E-state index is 0.107. The van der Waals surface area contributed by atoms with Gasteiger partial charge in [-0.2, -0.15) is 5.10 Å². The predicted molar refractivity (Wildman–Crippen MR) is 93.6 cm³/mol. The van der Waals surface area contributed by atoms with Crippen molar-refractivity contribution in [3.63, 3.8) is 0 Å². The maximum Gasteiger partial charge on any atom is 0.0711 e. The van der Waals surface area contributed by atoms with Crippen LogP contribution in [0.1, 0.15) is 59.2 Å². The first kappa shape index (κ1) is 18.7. The highest BCUT2D eigenvalue weighted by atomic mass is 79.9. The average Bonchev–Trinajstić information content (AvgIpc) is 2.82. The molecule has 0 amide bonds. The van der Waals surface area contributed by atoms with E-state index in [-0.39, 0.29) is 11.6 Å². The van der Waals surface area contributed by atoms with Crippen LogP contribution >= 0.6 is 15.9 Å². The Balaban J connectivity index is 3.39. The van der Waals surface area contributed by atoms with Gasteiger partial charge in [-0.1, -0.05) is 34.6 Å². The Morgan fingerprint density at radius 3 is 2.14 bits per heavy atom. The summed E-state index contributed by atoms with van der Waals surface area (Å²) in [5, 5.41) is 8.15. The Bertz CT molecular complexity index is 402. The van der Waals surface area contributed by atoms with E-state index >= 15 is 0 Å². The Kier molecular flexibility index (Phi) is 7.37. The quantitative estimate of drug-likeness (QED) is 0.729. The van der Waals surface area contributed by atoms with Crippen molar-refractivity contribution in [3.05, 3.63) is 16.4 Å². The molecule has 0 saturated heterocycles. The molecule has 1 atom stereocenters. The summed E-state index contributed by atoms with van der Waals surface area (Å²) >= 11 is 3.69. The second-order valence-corrected chi connectivity index (χ2v) is 6.33. The third-order valence-electron chi connectivity index (χ3n) is 4.77. The zero-order chi connectivity index (χ0) is 16.0. The van der Waals surface area contributed by atoms with Crippen molar-refractivity contribution in [2.24, 2.45) is 7.05 Å². The van der Waals surface area contributed by atoms with Gasteiger partial charge in [0.2, 0.25) is 0 Å². The zero-order valence-electron chi connectivity index (χ0n) is 14.4. The van der Waals surface area contributed by atoms with Gasteiger partial charge in [0, 0.05) is 12.6 Å². The molecule has 0 radical (unpaired) electrons. The van der Waals surface area contributed by atoms with Gasteiger partial charge in [-0.25, -0.2) is 0 Å². The molecule has 0 aromatic carbocycles. The monoisotopic (exact) mass is 358 g/mol. The van der Waals surface area contributed by atoms with Gasteiger partial charge in [-0.15, -0.1) is 0 Å². The van der Waals surface area contributed by atoms with Crippen molar-refractivity contribution >= 4 is 15.9 Å². The third kappa shape index (κ3) is 3.51. The van der Waals surface area contributed by atoms with Crippen LogP contribution in [0.2, 0.25) is 0 Å². The lowest BCUT2D eigenvalue weighted by molar-refractivity contribution is 0.0462.